The summed E-state index contributed by atoms with van der Waals surface area (Å²) in [6.07, 6.45) is 1.88. The molecule has 0 atom stereocenters. The molecule has 1 heterocycles. The molecule has 29 heavy (non-hydrogen) atoms. The van der Waals surface area contributed by atoms with Crippen molar-refractivity contribution < 1.29 is 14.3 Å². The lowest BCUT2D eigenvalue weighted by Crippen LogP contribution is -2.41. The Labute approximate surface area is 174 Å². The van der Waals surface area contributed by atoms with Gasteiger partial charge in [-0.25, -0.2) is 4.99 Å². The quantitative estimate of drug-likeness (QED) is 0.337. The van der Waals surface area contributed by atoms with Gasteiger partial charge in [-0.2, -0.15) is 0 Å². The van der Waals surface area contributed by atoms with Gasteiger partial charge in [0.25, 0.3) is 0 Å². The van der Waals surface area contributed by atoms with Crippen LogP contribution in [0.1, 0.15) is 12.0 Å². The number of hydrogen-bond donors (Lipinski definition) is 2. The molecule has 1 fully saturated rings. The third-order valence-corrected chi connectivity index (χ3v) is 4.78. The molecule has 0 saturated carbocycles. The Hall–Kier alpha value is -2.32. The highest BCUT2D eigenvalue weighted by Gasteiger charge is 2.09. The van der Waals surface area contributed by atoms with Crippen LogP contribution >= 0.6 is 0 Å². The number of benzene rings is 1. The second-order valence-corrected chi connectivity index (χ2v) is 7.21. The van der Waals surface area contributed by atoms with E-state index in [1.807, 2.05) is 12.1 Å². The predicted octanol–water partition coefficient (Wildman–Crippen LogP) is 0.583. The van der Waals surface area contributed by atoms with Crippen LogP contribution in [-0.2, 0) is 16.0 Å². The third kappa shape index (κ3) is 9.15. The van der Waals surface area contributed by atoms with Gasteiger partial charge in [0, 0.05) is 40.3 Å². The number of nitrogens with zero attached hydrogens (tertiary/aromatic N) is 3. The minimum Gasteiger partial charge on any atom is -0.497 e. The SMILES string of the molecule is COc1ccc(CCNC(=NCC(=O)N(C)C)NCCCN2CCOCC2)cc1. The van der Waals surface area contributed by atoms with Crippen molar-refractivity contribution in [2.45, 2.75) is 12.8 Å². The normalized spacial score (nSPS) is 15.1. The topological polar surface area (TPSA) is 78.4 Å². The fourth-order valence-electron chi connectivity index (χ4n) is 2.91. The molecule has 1 aliphatic heterocycles. The lowest BCUT2D eigenvalue weighted by Gasteiger charge is -2.26. The number of methoxy groups -OCH3 is 1. The van der Waals surface area contributed by atoms with Gasteiger partial charge in [-0.3, -0.25) is 9.69 Å². The number of amides is 1. The summed E-state index contributed by atoms with van der Waals surface area (Å²) in [6.45, 7) is 6.34. The predicted molar refractivity (Wildman–Crippen MR) is 116 cm³/mol. The van der Waals surface area contributed by atoms with Crippen LogP contribution in [0.4, 0.5) is 0 Å². The number of guanidine groups is 1. The highest BCUT2D eigenvalue weighted by molar-refractivity contribution is 5.84. The van der Waals surface area contributed by atoms with Crippen LogP contribution in [0.3, 0.4) is 0 Å². The van der Waals surface area contributed by atoms with Gasteiger partial charge >= 0.3 is 0 Å². The van der Waals surface area contributed by atoms with E-state index in [2.05, 4.69) is 32.7 Å². The lowest BCUT2D eigenvalue weighted by atomic mass is 10.1. The Morgan fingerprint density at radius 1 is 1.17 bits per heavy atom. The number of carbonyl (C=O) groups excluding carboxylic acids is 1. The van der Waals surface area contributed by atoms with Crippen molar-refractivity contribution in [2.24, 2.45) is 4.99 Å². The Kier molecular flexibility index (Phi) is 10.3. The molecule has 162 valence electrons. The van der Waals surface area contributed by atoms with Crippen molar-refractivity contribution >= 4 is 11.9 Å². The summed E-state index contributed by atoms with van der Waals surface area (Å²) in [5.74, 6) is 1.51. The van der Waals surface area contributed by atoms with Crippen LogP contribution in [0.25, 0.3) is 0 Å². The molecule has 1 amide bonds. The number of nitrogens with one attached hydrogen (secondary N) is 2. The average molecular weight is 406 g/mol. The Morgan fingerprint density at radius 2 is 1.86 bits per heavy atom. The first-order chi connectivity index (χ1) is 14.1. The van der Waals surface area contributed by atoms with Crippen molar-refractivity contribution in [3.63, 3.8) is 0 Å². The summed E-state index contributed by atoms with van der Waals surface area (Å²) in [5, 5.41) is 6.68. The van der Waals surface area contributed by atoms with Gasteiger partial charge in [0.15, 0.2) is 5.96 Å². The highest BCUT2D eigenvalue weighted by atomic mass is 16.5. The molecule has 1 aromatic rings. The summed E-state index contributed by atoms with van der Waals surface area (Å²) in [6, 6.07) is 8.04. The fourth-order valence-corrected chi connectivity index (χ4v) is 2.91. The van der Waals surface area contributed by atoms with Crippen LogP contribution in [0, 0.1) is 0 Å². The Bertz CT molecular complexity index is 628. The largest absolute Gasteiger partial charge is 0.497 e. The van der Waals surface area contributed by atoms with E-state index in [-0.39, 0.29) is 12.5 Å². The third-order valence-electron chi connectivity index (χ3n) is 4.78. The first-order valence-electron chi connectivity index (χ1n) is 10.2. The zero-order chi connectivity index (χ0) is 20.9. The number of rotatable bonds is 10. The average Bonchev–Trinajstić information content (AvgIpc) is 2.75. The summed E-state index contributed by atoms with van der Waals surface area (Å²) < 4.78 is 10.6. The van der Waals surface area contributed by atoms with Crippen LogP contribution in [0.2, 0.25) is 0 Å². The van der Waals surface area contributed by atoms with E-state index in [4.69, 9.17) is 9.47 Å². The van der Waals surface area contributed by atoms with E-state index in [9.17, 15) is 4.79 Å². The van der Waals surface area contributed by atoms with E-state index in [1.54, 1.807) is 26.1 Å². The first kappa shape index (κ1) is 23.0. The smallest absolute Gasteiger partial charge is 0.243 e. The molecule has 2 N–H and O–H groups in total. The molecule has 0 radical (unpaired) electrons. The molecule has 2 rings (SSSR count). The minimum absolute atomic E-state index is 0.0189. The van der Waals surface area contributed by atoms with Crippen LogP contribution in [-0.4, -0.2) is 95.4 Å². The molecule has 0 aromatic heterocycles. The van der Waals surface area contributed by atoms with Crippen molar-refractivity contribution in [1.82, 2.24) is 20.4 Å². The maximum atomic E-state index is 11.9. The van der Waals surface area contributed by atoms with E-state index >= 15 is 0 Å². The van der Waals surface area contributed by atoms with Crippen molar-refractivity contribution in [1.29, 1.82) is 0 Å². The number of ether oxygens (including phenoxy) is 2. The number of hydrogen-bond acceptors (Lipinski definition) is 5. The summed E-state index contributed by atoms with van der Waals surface area (Å²) >= 11 is 0. The molecule has 0 unspecified atom stereocenters. The van der Waals surface area contributed by atoms with E-state index in [0.29, 0.717) is 5.96 Å². The van der Waals surface area contributed by atoms with E-state index < -0.39 is 0 Å². The Balaban J connectivity index is 1.77. The Morgan fingerprint density at radius 3 is 2.52 bits per heavy atom. The number of likely N-dealkylation sites (N-methyl/N-ethyl adjacent to an activating group) is 1. The molecule has 1 aromatic carbocycles. The van der Waals surface area contributed by atoms with Crippen LogP contribution < -0.4 is 15.4 Å². The molecule has 8 heteroatoms. The highest BCUT2D eigenvalue weighted by Crippen LogP contribution is 2.11. The van der Waals surface area contributed by atoms with Crippen LogP contribution in [0.15, 0.2) is 29.3 Å². The molecular formula is C21H35N5O3. The fraction of sp³-hybridized carbons (Fsp3) is 0.619. The minimum atomic E-state index is -0.0189. The van der Waals surface area contributed by atoms with Gasteiger partial charge < -0.3 is 25.0 Å². The second-order valence-electron chi connectivity index (χ2n) is 7.21. The van der Waals surface area contributed by atoms with Gasteiger partial charge in [0.05, 0.1) is 20.3 Å². The maximum absolute atomic E-state index is 11.9. The number of aliphatic imine (C=N–C) groups is 1. The molecular weight excluding hydrogens is 370 g/mol. The van der Waals surface area contributed by atoms with Crippen molar-refractivity contribution in [3.8, 4) is 5.75 Å². The van der Waals surface area contributed by atoms with E-state index in [1.165, 1.54) is 5.56 Å². The van der Waals surface area contributed by atoms with Gasteiger partial charge in [-0.05, 0) is 37.1 Å². The summed E-state index contributed by atoms with van der Waals surface area (Å²) in [4.78, 5) is 20.3. The van der Waals surface area contributed by atoms with Crippen molar-refractivity contribution in [3.05, 3.63) is 29.8 Å². The zero-order valence-corrected chi connectivity index (χ0v) is 17.9. The standard InChI is InChI=1S/C21H35N5O3/c1-25(2)20(27)17-24-21(22-10-4-12-26-13-15-29-16-14-26)23-11-9-18-5-7-19(28-3)8-6-18/h5-8H,4,9-17H2,1-3H3,(H2,22,23,24). The zero-order valence-electron chi connectivity index (χ0n) is 17.9. The monoisotopic (exact) mass is 405 g/mol. The van der Waals surface area contributed by atoms with Gasteiger partial charge in [0.2, 0.25) is 5.91 Å². The molecule has 1 aliphatic rings. The summed E-state index contributed by atoms with van der Waals surface area (Å²) in [5.41, 5.74) is 1.22. The lowest BCUT2D eigenvalue weighted by molar-refractivity contribution is -0.127. The van der Waals surface area contributed by atoms with Crippen LogP contribution in [0.5, 0.6) is 5.75 Å². The second kappa shape index (κ2) is 13.0. The summed E-state index contributed by atoms with van der Waals surface area (Å²) in [7, 11) is 5.15. The molecule has 1 saturated heterocycles. The van der Waals surface area contributed by atoms with Gasteiger partial charge in [-0.15, -0.1) is 0 Å². The van der Waals surface area contributed by atoms with Crippen molar-refractivity contribution in [2.75, 3.05) is 73.7 Å². The van der Waals surface area contributed by atoms with Gasteiger partial charge in [0.1, 0.15) is 12.3 Å². The number of carbonyl (C=O) groups is 1. The molecule has 0 aliphatic carbocycles. The maximum Gasteiger partial charge on any atom is 0.243 e. The van der Waals surface area contributed by atoms with E-state index in [0.717, 1.165) is 64.5 Å². The number of morpholine rings is 1. The molecule has 0 spiro atoms. The first-order valence-corrected chi connectivity index (χ1v) is 10.2. The van der Waals surface area contributed by atoms with Gasteiger partial charge in [-0.1, -0.05) is 12.1 Å². The molecule has 8 nitrogen and oxygen atoms in total. The molecule has 0 bridgehead atoms.